The normalized spacial score (nSPS) is 11.7. The summed E-state index contributed by atoms with van der Waals surface area (Å²) in [6.07, 6.45) is 1.66. The Bertz CT molecular complexity index is 648. The van der Waals surface area contributed by atoms with Gasteiger partial charge in [0.1, 0.15) is 0 Å². The third-order valence-electron chi connectivity index (χ3n) is 2.58. The second-order valence-corrected chi connectivity index (χ2v) is 6.85. The summed E-state index contributed by atoms with van der Waals surface area (Å²) in [6, 6.07) is 5.30. The highest BCUT2D eigenvalue weighted by molar-refractivity contribution is 7.89. The number of aromatic nitrogens is 1. The molecule has 0 saturated heterocycles. The van der Waals surface area contributed by atoms with Gasteiger partial charge in [-0.2, -0.15) is 0 Å². The second-order valence-electron chi connectivity index (χ2n) is 4.09. The first-order chi connectivity index (χ1) is 9.01. The van der Waals surface area contributed by atoms with Gasteiger partial charge in [-0.3, -0.25) is 4.98 Å². The molecule has 19 heavy (non-hydrogen) atoms. The summed E-state index contributed by atoms with van der Waals surface area (Å²) in [4.78, 5) is 5.23. The highest BCUT2D eigenvalue weighted by Gasteiger charge is 2.15. The van der Waals surface area contributed by atoms with E-state index in [1.807, 2.05) is 19.1 Å². The Labute approximate surface area is 116 Å². The maximum atomic E-state index is 12.0. The fourth-order valence-corrected chi connectivity index (χ4v) is 3.65. The summed E-state index contributed by atoms with van der Waals surface area (Å²) in [6.45, 7) is 2.46. The Kier molecular flexibility index (Phi) is 4.31. The number of thiophene rings is 1. The van der Waals surface area contributed by atoms with Crippen molar-refractivity contribution in [2.45, 2.75) is 24.9 Å². The van der Waals surface area contributed by atoms with Crippen LogP contribution in [-0.4, -0.2) is 13.4 Å². The van der Waals surface area contributed by atoms with Crippen LogP contribution in [-0.2, 0) is 23.1 Å². The molecule has 2 aromatic rings. The lowest BCUT2D eigenvalue weighted by Gasteiger charge is -2.05. The quantitative estimate of drug-likeness (QED) is 0.873. The van der Waals surface area contributed by atoms with Gasteiger partial charge in [0, 0.05) is 35.2 Å². The van der Waals surface area contributed by atoms with Gasteiger partial charge >= 0.3 is 0 Å². The number of rotatable bonds is 5. The standard InChI is InChI=1S/C12H15N3O2S2/c1-9-2-3-10(6-14-9)7-15-19(16,17)12-4-11(5-13)18-8-12/h2-4,6,8,15H,5,7,13H2,1H3. The number of aryl methyl sites for hydroxylation is 1. The molecule has 0 amide bonds. The van der Waals surface area contributed by atoms with Gasteiger partial charge in [-0.1, -0.05) is 6.07 Å². The zero-order valence-corrected chi connectivity index (χ0v) is 12.1. The lowest BCUT2D eigenvalue weighted by atomic mass is 10.2. The van der Waals surface area contributed by atoms with E-state index >= 15 is 0 Å². The minimum atomic E-state index is -3.48. The summed E-state index contributed by atoms with van der Waals surface area (Å²) in [7, 11) is -3.48. The van der Waals surface area contributed by atoms with Crippen molar-refractivity contribution in [3.05, 3.63) is 45.9 Å². The largest absolute Gasteiger partial charge is 0.326 e. The Balaban J connectivity index is 2.07. The molecule has 0 radical (unpaired) electrons. The second kappa shape index (κ2) is 5.79. The van der Waals surface area contributed by atoms with Gasteiger partial charge in [0.25, 0.3) is 0 Å². The topological polar surface area (TPSA) is 85.1 Å². The van der Waals surface area contributed by atoms with Crippen LogP contribution in [0.1, 0.15) is 16.1 Å². The highest BCUT2D eigenvalue weighted by atomic mass is 32.2. The van der Waals surface area contributed by atoms with Crippen molar-refractivity contribution in [3.8, 4) is 0 Å². The fourth-order valence-electron chi connectivity index (χ4n) is 1.47. The van der Waals surface area contributed by atoms with Gasteiger partial charge < -0.3 is 5.73 Å². The van der Waals surface area contributed by atoms with E-state index < -0.39 is 10.0 Å². The average Bonchev–Trinajstić information content (AvgIpc) is 2.88. The van der Waals surface area contributed by atoms with Crippen LogP contribution in [0.2, 0.25) is 0 Å². The zero-order valence-electron chi connectivity index (χ0n) is 10.5. The molecule has 0 unspecified atom stereocenters. The number of hydrogen-bond acceptors (Lipinski definition) is 5. The SMILES string of the molecule is Cc1ccc(CNS(=O)(=O)c2csc(CN)c2)cn1. The molecule has 0 aromatic carbocycles. The maximum absolute atomic E-state index is 12.0. The lowest BCUT2D eigenvalue weighted by Crippen LogP contribution is -2.22. The van der Waals surface area contributed by atoms with Gasteiger partial charge in [-0.15, -0.1) is 11.3 Å². The van der Waals surface area contributed by atoms with Crippen molar-refractivity contribution in [1.82, 2.24) is 9.71 Å². The van der Waals surface area contributed by atoms with E-state index in [1.54, 1.807) is 17.6 Å². The number of nitrogens with zero attached hydrogens (tertiary/aromatic N) is 1. The summed E-state index contributed by atoms with van der Waals surface area (Å²) in [5.41, 5.74) is 7.20. The van der Waals surface area contributed by atoms with Gasteiger partial charge in [0.15, 0.2) is 0 Å². The molecular weight excluding hydrogens is 282 g/mol. The van der Waals surface area contributed by atoms with Crippen molar-refractivity contribution in [2.24, 2.45) is 5.73 Å². The number of nitrogens with two attached hydrogens (primary N) is 1. The molecule has 2 rings (SSSR count). The molecule has 0 aliphatic rings. The van der Waals surface area contributed by atoms with Crippen molar-refractivity contribution < 1.29 is 8.42 Å². The lowest BCUT2D eigenvalue weighted by molar-refractivity contribution is 0.581. The van der Waals surface area contributed by atoms with Gasteiger partial charge in [-0.25, -0.2) is 13.1 Å². The Hall–Kier alpha value is -1.28. The molecule has 5 nitrogen and oxygen atoms in total. The molecule has 2 heterocycles. The molecule has 7 heteroatoms. The van der Waals surface area contributed by atoms with Crippen LogP contribution in [0.5, 0.6) is 0 Å². The van der Waals surface area contributed by atoms with Gasteiger partial charge in [0.05, 0.1) is 4.90 Å². The minimum absolute atomic E-state index is 0.226. The first kappa shape index (κ1) is 14.1. The van der Waals surface area contributed by atoms with Crippen molar-refractivity contribution in [3.63, 3.8) is 0 Å². The first-order valence-corrected chi connectivity index (χ1v) is 8.06. The first-order valence-electron chi connectivity index (χ1n) is 5.70. The van der Waals surface area contributed by atoms with Crippen LogP contribution in [0.25, 0.3) is 0 Å². The van der Waals surface area contributed by atoms with Crippen molar-refractivity contribution in [2.75, 3.05) is 0 Å². The molecular formula is C12H15N3O2S2. The average molecular weight is 297 g/mol. The number of hydrogen-bond donors (Lipinski definition) is 2. The third-order valence-corrected chi connectivity index (χ3v) is 5.07. The minimum Gasteiger partial charge on any atom is -0.326 e. The van der Waals surface area contributed by atoms with E-state index in [9.17, 15) is 8.42 Å². The van der Waals surface area contributed by atoms with Crippen LogP contribution in [0.15, 0.2) is 34.7 Å². The molecule has 2 aromatic heterocycles. The van der Waals surface area contributed by atoms with Crippen LogP contribution in [0.3, 0.4) is 0 Å². The van der Waals surface area contributed by atoms with Gasteiger partial charge in [0.2, 0.25) is 10.0 Å². The van der Waals surface area contributed by atoms with E-state index in [2.05, 4.69) is 9.71 Å². The van der Waals surface area contributed by atoms with Crippen LogP contribution in [0.4, 0.5) is 0 Å². The number of nitrogens with one attached hydrogen (secondary N) is 1. The van der Waals surface area contributed by atoms with E-state index in [4.69, 9.17) is 5.73 Å². The van der Waals surface area contributed by atoms with Crippen LogP contribution in [0, 0.1) is 6.92 Å². The van der Waals surface area contributed by atoms with E-state index in [1.165, 1.54) is 11.3 Å². The van der Waals surface area contributed by atoms with E-state index in [0.717, 1.165) is 16.1 Å². The molecule has 102 valence electrons. The zero-order chi connectivity index (χ0) is 13.9. The summed E-state index contributed by atoms with van der Waals surface area (Å²) >= 11 is 1.34. The predicted octanol–water partition coefficient (Wildman–Crippen LogP) is 1.39. The summed E-state index contributed by atoms with van der Waals surface area (Å²) < 4.78 is 26.6. The molecule has 0 aliphatic carbocycles. The smallest absolute Gasteiger partial charge is 0.241 e. The van der Waals surface area contributed by atoms with Crippen LogP contribution >= 0.6 is 11.3 Å². The predicted molar refractivity (Wildman–Crippen MR) is 75.2 cm³/mol. The molecule has 0 aliphatic heterocycles. The third kappa shape index (κ3) is 3.60. The molecule has 0 spiro atoms. The fraction of sp³-hybridized carbons (Fsp3) is 0.250. The molecule has 0 bridgehead atoms. The molecule has 0 saturated carbocycles. The Morgan fingerprint density at radius 1 is 1.42 bits per heavy atom. The number of pyridine rings is 1. The summed E-state index contributed by atoms with van der Waals surface area (Å²) in [5.74, 6) is 0. The van der Waals surface area contributed by atoms with E-state index in [-0.39, 0.29) is 11.4 Å². The van der Waals surface area contributed by atoms with Crippen molar-refractivity contribution in [1.29, 1.82) is 0 Å². The van der Waals surface area contributed by atoms with E-state index in [0.29, 0.717) is 6.54 Å². The Morgan fingerprint density at radius 3 is 2.79 bits per heavy atom. The Morgan fingerprint density at radius 2 is 2.21 bits per heavy atom. The summed E-state index contributed by atoms with van der Waals surface area (Å²) in [5, 5.41) is 1.60. The molecule has 3 N–H and O–H groups in total. The monoisotopic (exact) mass is 297 g/mol. The van der Waals surface area contributed by atoms with Crippen LogP contribution < -0.4 is 10.5 Å². The highest BCUT2D eigenvalue weighted by Crippen LogP contribution is 2.18. The molecule has 0 atom stereocenters. The van der Waals surface area contributed by atoms with Crippen molar-refractivity contribution >= 4 is 21.4 Å². The number of sulfonamides is 1. The maximum Gasteiger partial charge on any atom is 0.241 e. The van der Waals surface area contributed by atoms with Gasteiger partial charge in [-0.05, 0) is 24.6 Å². The molecule has 0 fully saturated rings.